The Morgan fingerprint density at radius 1 is 1.41 bits per heavy atom. The maximum Gasteiger partial charge on any atom is 0.227 e. The van der Waals surface area contributed by atoms with E-state index in [0.717, 1.165) is 34.9 Å². The number of rotatable bonds is 3. The summed E-state index contributed by atoms with van der Waals surface area (Å²) in [6, 6.07) is 5.72. The summed E-state index contributed by atoms with van der Waals surface area (Å²) in [7, 11) is 1.64. The van der Waals surface area contributed by atoms with Gasteiger partial charge in [0.15, 0.2) is 0 Å². The van der Waals surface area contributed by atoms with Crippen molar-refractivity contribution < 1.29 is 4.74 Å². The molecule has 1 aliphatic rings. The van der Waals surface area contributed by atoms with Crippen LogP contribution in [-0.2, 0) is 0 Å². The fraction of sp³-hybridized carbons (Fsp3) is 0.188. The number of nitrogens with one attached hydrogen (secondary N) is 1. The molecule has 0 amide bonds. The molecule has 112 valence electrons. The van der Waals surface area contributed by atoms with E-state index < -0.39 is 0 Å². The number of allylic oxidation sites excluding steroid dienone is 1. The van der Waals surface area contributed by atoms with Crippen molar-refractivity contribution in [3.8, 4) is 11.4 Å². The highest BCUT2D eigenvalue weighted by atomic mass is 16.5. The van der Waals surface area contributed by atoms with Crippen LogP contribution in [0.2, 0.25) is 0 Å². The first-order valence-corrected chi connectivity index (χ1v) is 6.91. The average Bonchev–Trinajstić information content (AvgIpc) is 2.93. The second-order valence-electron chi connectivity index (χ2n) is 4.96. The van der Waals surface area contributed by atoms with E-state index >= 15 is 0 Å². The van der Waals surface area contributed by atoms with Crippen molar-refractivity contribution in [1.82, 2.24) is 14.9 Å². The number of methoxy groups -OCH3 is 1. The number of imidazole rings is 1. The molecule has 0 saturated carbocycles. The number of guanidine groups is 1. The molecule has 1 aromatic heterocycles. The fourth-order valence-corrected chi connectivity index (χ4v) is 2.16. The van der Waals surface area contributed by atoms with E-state index in [2.05, 4.69) is 26.9 Å². The van der Waals surface area contributed by atoms with Gasteiger partial charge in [0, 0.05) is 30.6 Å². The molecule has 0 unspecified atom stereocenters. The molecule has 0 bridgehead atoms. The van der Waals surface area contributed by atoms with E-state index in [9.17, 15) is 0 Å². The van der Waals surface area contributed by atoms with Gasteiger partial charge in [-0.2, -0.15) is 0 Å². The van der Waals surface area contributed by atoms with E-state index in [1.165, 1.54) is 0 Å². The quantitative estimate of drug-likeness (QED) is 0.947. The van der Waals surface area contributed by atoms with Crippen molar-refractivity contribution in [3.63, 3.8) is 0 Å². The third-order valence-electron chi connectivity index (χ3n) is 3.23. The standard InChI is InChI=1S/C16H17N5O/c1-11-6-7-17-16(19-11)20-13-4-5-14(15(8-13)22-3)21-9-12(2)18-10-21/h4-5,7-10H,1,6H2,2-3H3,(H,19,20). The Labute approximate surface area is 128 Å². The molecule has 1 aromatic carbocycles. The van der Waals surface area contributed by atoms with Gasteiger partial charge in [-0.3, -0.25) is 0 Å². The molecule has 2 aromatic rings. The van der Waals surface area contributed by atoms with Crippen LogP contribution in [0.5, 0.6) is 5.75 Å². The van der Waals surface area contributed by atoms with Crippen molar-refractivity contribution in [3.05, 3.63) is 48.7 Å². The molecule has 6 heteroatoms. The maximum atomic E-state index is 5.47. The number of benzene rings is 1. The van der Waals surface area contributed by atoms with Gasteiger partial charge in [-0.15, -0.1) is 0 Å². The number of hydrogen-bond acceptors (Lipinski definition) is 3. The van der Waals surface area contributed by atoms with Crippen LogP contribution in [0.15, 0.2) is 53.0 Å². The van der Waals surface area contributed by atoms with Crippen molar-refractivity contribution >= 4 is 17.9 Å². The molecule has 1 N–H and O–H groups in total. The molecule has 0 fully saturated rings. The molecule has 1 aliphatic heterocycles. The Morgan fingerprint density at radius 3 is 2.95 bits per heavy atom. The van der Waals surface area contributed by atoms with Gasteiger partial charge in [0.2, 0.25) is 5.96 Å². The second-order valence-corrected chi connectivity index (χ2v) is 4.96. The third kappa shape index (κ3) is 2.90. The summed E-state index contributed by atoms with van der Waals surface area (Å²) in [5.74, 6) is 1.25. The van der Waals surface area contributed by atoms with E-state index in [1.807, 2.05) is 35.9 Å². The lowest BCUT2D eigenvalue weighted by atomic mass is 10.2. The molecular weight excluding hydrogens is 278 g/mol. The van der Waals surface area contributed by atoms with Crippen molar-refractivity contribution in [2.24, 2.45) is 9.98 Å². The van der Waals surface area contributed by atoms with E-state index in [0.29, 0.717) is 5.96 Å². The summed E-state index contributed by atoms with van der Waals surface area (Å²) in [6.45, 7) is 5.83. The Morgan fingerprint density at radius 2 is 2.27 bits per heavy atom. The highest BCUT2D eigenvalue weighted by Crippen LogP contribution is 2.28. The molecule has 0 aliphatic carbocycles. The van der Waals surface area contributed by atoms with Gasteiger partial charge in [0.1, 0.15) is 5.75 Å². The van der Waals surface area contributed by atoms with Crippen LogP contribution in [0.25, 0.3) is 5.69 Å². The first kappa shape index (κ1) is 14.1. The van der Waals surface area contributed by atoms with Crippen LogP contribution >= 0.6 is 0 Å². The summed E-state index contributed by atoms with van der Waals surface area (Å²) in [5, 5.41) is 3.05. The van der Waals surface area contributed by atoms with Crippen LogP contribution in [0, 0.1) is 6.92 Å². The normalized spacial score (nSPS) is 15.9. The zero-order chi connectivity index (χ0) is 15.5. The topological polar surface area (TPSA) is 63.8 Å². The van der Waals surface area contributed by atoms with Crippen LogP contribution in [-0.4, -0.2) is 28.8 Å². The number of aryl methyl sites for hydroxylation is 1. The fourth-order valence-electron chi connectivity index (χ4n) is 2.16. The monoisotopic (exact) mass is 295 g/mol. The first-order valence-electron chi connectivity index (χ1n) is 6.91. The Hall–Kier alpha value is -2.89. The molecular formula is C16H17N5O. The van der Waals surface area contributed by atoms with E-state index in [4.69, 9.17) is 4.74 Å². The zero-order valence-corrected chi connectivity index (χ0v) is 12.6. The molecule has 0 spiro atoms. The van der Waals surface area contributed by atoms with Gasteiger partial charge >= 0.3 is 0 Å². The van der Waals surface area contributed by atoms with Crippen LogP contribution in [0.1, 0.15) is 12.1 Å². The number of nitrogens with zero attached hydrogens (tertiary/aromatic N) is 4. The van der Waals surface area contributed by atoms with Crippen LogP contribution in [0.4, 0.5) is 5.69 Å². The molecule has 3 rings (SSSR count). The Bertz CT molecular complexity index is 773. The summed E-state index contributed by atoms with van der Waals surface area (Å²) in [5.41, 5.74) is 3.50. The smallest absolute Gasteiger partial charge is 0.227 e. The Kier molecular flexibility index (Phi) is 3.74. The number of ether oxygens (including phenoxy) is 1. The van der Waals surface area contributed by atoms with E-state index in [-0.39, 0.29) is 0 Å². The summed E-state index contributed by atoms with van der Waals surface area (Å²) >= 11 is 0. The maximum absolute atomic E-state index is 5.47. The molecule has 22 heavy (non-hydrogen) atoms. The van der Waals surface area contributed by atoms with Gasteiger partial charge in [-0.25, -0.2) is 15.0 Å². The van der Waals surface area contributed by atoms with Crippen molar-refractivity contribution in [2.45, 2.75) is 13.3 Å². The minimum atomic E-state index is 0.532. The van der Waals surface area contributed by atoms with Gasteiger partial charge in [0.25, 0.3) is 0 Å². The zero-order valence-electron chi connectivity index (χ0n) is 12.6. The van der Waals surface area contributed by atoms with Crippen LogP contribution in [0.3, 0.4) is 0 Å². The SMILES string of the molecule is C=C1CC=NC(=Nc2ccc(-n3cnc(C)c3)c(OC)c2)N1. The largest absolute Gasteiger partial charge is 0.494 e. The number of aromatic nitrogens is 2. The van der Waals surface area contributed by atoms with Crippen LogP contribution < -0.4 is 10.1 Å². The molecule has 0 atom stereocenters. The number of hydrogen-bond donors (Lipinski definition) is 1. The molecule has 0 saturated heterocycles. The lowest BCUT2D eigenvalue weighted by Gasteiger charge is -2.12. The van der Waals surface area contributed by atoms with Gasteiger partial charge < -0.3 is 14.6 Å². The van der Waals surface area contributed by atoms with Gasteiger partial charge in [-0.05, 0) is 19.1 Å². The Balaban J connectivity index is 1.95. The summed E-state index contributed by atoms with van der Waals surface area (Å²) in [6.07, 6.45) is 6.22. The predicted octanol–water partition coefficient (Wildman–Crippen LogP) is 2.75. The van der Waals surface area contributed by atoms with Gasteiger partial charge in [-0.1, -0.05) is 6.58 Å². The highest BCUT2D eigenvalue weighted by molar-refractivity contribution is 5.93. The minimum absolute atomic E-state index is 0.532. The van der Waals surface area contributed by atoms with Gasteiger partial charge in [0.05, 0.1) is 30.5 Å². The van der Waals surface area contributed by atoms with Crippen molar-refractivity contribution in [1.29, 1.82) is 0 Å². The number of aliphatic imine (C=N–C) groups is 2. The molecule has 2 heterocycles. The summed E-state index contributed by atoms with van der Waals surface area (Å²) < 4.78 is 7.39. The van der Waals surface area contributed by atoms with Crippen molar-refractivity contribution in [2.75, 3.05) is 7.11 Å². The third-order valence-corrected chi connectivity index (χ3v) is 3.23. The lowest BCUT2D eigenvalue weighted by molar-refractivity contribution is 0.413. The minimum Gasteiger partial charge on any atom is -0.494 e. The predicted molar refractivity (Wildman–Crippen MR) is 87.3 cm³/mol. The lowest BCUT2D eigenvalue weighted by Crippen LogP contribution is -2.24. The molecule has 0 radical (unpaired) electrons. The second kappa shape index (κ2) is 5.85. The molecule has 6 nitrogen and oxygen atoms in total. The summed E-state index contributed by atoms with van der Waals surface area (Å²) in [4.78, 5) is 12.9. The van der Waals surface area contributed by atoms with E-state index in [1.54, 1.807) is 19.7 Å². The highest BCUT2D eigenvalue weighted by Gasteiger charge is 2.09. The average molecular weight is 295 g/mol. The first-order chi connectivity index (χ1) is 10.7.